The van der Waals surface area contributed by atoms with Crippen molar-refractivity contribution < 1.29 is 9.47 Å². The Kier molecular flexibility index (Phi) is 5.86. The van der Waals surface area contributed by atoms with Gasteiger partial charge in [-0.25, -0.2) is 4.98 Å². The summed E-state index contributed by atoms with van der Waals surface area (Å²) in [6.45, 7) is 10.0. The van der Waals surface area contributed by atoms with Gasteiger partial charge in [0.05, 0.1) is 12.3 Å². The Morgan fingerprint density at radius 1 is 1.10 bits per heavy atom. The fraction of sp³-hybridized carbons (Fsp3) is 0.417. The fourth-order valence-corrected chi connectivity index (χ4v) is 4.36. The maximum atomic E-state index is 5.99. The molecule has 1 unspecified atom stereocenters. The Morgan fingerprint density at radius 2 is 1.97 bits per heavy atom. The topological polar surface area (TPSA) is 66.5 Å². The first-order valence-corrected chi connectivity index (χ1v) is 11.1. The van der Waals surface area contributed by atoms with E-state index in [4.69, 9.17) is 9.47 Å². The molecule has 2 aliphatic rings. The van der Waals surface area contributed by atoms with Gasteiger partial charge >= 0.3 is 0 Å². The van der Waals surface area contributed by atoms with Gasteiger partial charge in [0.2, 0.25) is 5.88 Å². The summed E-state index contributed by atoms with van der Waals surface area (Å²) in [4.78, 5) is 9.51. The number of likely N-dealkylation sites (N-methyl/N-ethyl adjacent to an activating group) is 1. The van der Waals surface area contributed by atoms with Gasteiger partial charge in [-0.05, 0) is 37.7 Å². The van der Waals surface area contributed by atoms with Crippen LogP contribution in [0.5, 0.6) is 17.4 Å². The van der Waals surface area contributed by atoms with Crippen molar-refractivity contribution >= 4 is 0 Å². The molecule has 0 amide bonds. The summed E-state index contributed by atoms with van der Waals surface area (Å²) in [5.74, 6) is 2.70. The molecule has 31 heavy (non-hydrogen) atoms. The lowest BCUT2D eigenvalue weighted by atomic mass is 9.97. The van der Waals surface area contributed by atoms with E-state index in [-0.39, 0.29) is 0 Å². The number of aromatic nitrogens is 3. The normalized spacial score (nSPS) is 19.2. The fourth-order valence-electron chi connectivity index (χ4n) is 4.36. The van der Waals surface area contributed by atoms with Crippen LogP contribution in [-0.4, -0.2) is 70.9 Å². The Morgan fingerprint density at radius 3 is 2.71 bits per heavy atom. The van der Waals surface area contributed by atoms with E-state index < -0.39 is 0 Å². The molecule has 1 saturated heterocycles. The molecule has 0 aliphatic carbocycles. The highest BCUT2D eigenvalue weighted by atomic mass is 16.5. The van der Waals surface area contributed by atoms with Gasteiger partial charge in [0.1, 0.15) is 11.5 Å². The highest BCUT2D eigenvalue weighted by Crippen LogP contribution is 2.39. The number of benzene rings is 1. The van der Waals surface area contributed by atoms with E-state index in [1.807, 2.05) is 30.3 Å². The highest BCUT2D eigenvalue weighted by Gasteiger charge is 2.26. The maximum absolute atomic E-state index is 5.99. The Hall–Kier alpha value is -2.90. The number of hydrogen-bond donors (Lipinski definition) is 1. The van der Waals surface area contributed by atoms with Gasteiger partial charge in [-0.15, -0.1) is 0 Å². The van der Waals surface area contributed by atoms with Crippen molar-refractivity contribution in [2.45, 2.75) is 19.3 Å². The van der Waals surface area contributed by atoms with Crippen molar-refractivity contribution in [1.29, 1.82) is 0 Å². The van der Waals surface area contributed by atoms with Gasteiger partial charge in [0, 0.05) is 67.8 Å². The molecule has 0 bridgehead atoms. The molecule has 1 N–H and O–H groups in total. The molecule has 7 heteroatoms. The third-order valence-electron chi connectivity index (χ3n) is 6.34. The molecule has 162 valence electrons. The van der Waals surface area contributed by atoms with Crippen LogP contribution in [0.2, 0.25) is 0 Å². The number of nitrogens with zero attached hydrogens (tertiary/aromatic N) is 4. The average molecular weight is 420 g/mol. The molecular weight excluding hydrogens is 390 g/mol. The molecule has 5 rings (SSSR count). The number of pyridine rings is 1. The Labute approximate surface area is 183 Å². The number of rotatable bonds is 7. The lowest BCUT2D eigenvalue weighted by Gasteiger charge is -2.34. The molecule has 2 aliphatic heterocycles. The predicted molar refractivity (Wildman–Crippen MR) is 120 cm³/mol. The summed E-state index contributed by atoms with van der Waals surface area (Å²) >= 11 is 0. The number of nitrogens with one attached hydrogen (secondary N) is 1. The minimum absolute atomic E-state index is 0.458. The largest absolute Gasteiger partial charge is 0.493 e. The Bertz CT molecular complexity index is 982. The number of fused-ring (bicyclic) bond motifs is 1. The van der Waals surface area contributed by atoms with Gasteiger partial charge < -0.3 is 19.3 Å². The molecule has 4 heterocycles. The molecule has 7 nitrogen and oxygen atoms in total. The molecule has 0 saturated carbocycles. The van der Waals surface area contributed by atoms with Crippen LogP contribution < -0.4 is 9.47 Å². The number of ether oxygens (including phenoxy) is 2. The van der Waals surface area contributed by atoms with E-state index in [9.17, 15) is 0 Å². The van der Waals surface area contributed by atoms with Crippen LogP contribution >= 0.6 is 0 Å². The SMILES string of the molecule is CCN1CCN(CCC2COc3cc(Oc4ccc(-c5ccn[nH]5)cn4)ccc32)CC1. The standard InChI is InChI=1S/C24H29N5O2/c1-2-28-11-13-29(14-12-28)10-8-19-17-30-23-15-20(4-5-21(19)23)31-24-6-3-18(16-25-24)22-7-9-26-27-22/h3-7,9,15-16,19H,2,8,10-14,17H2,1H3,(H,26,27). The minimum atomic E-state index is 0.458. The van der Waals surface area contributed by atoms with Gasteiger partial charge in [-0.1, -0.05) is 13.0 Å². The van der Waals surface area contributed by atoms with E-state index in [2.05, 4.69) is 38.0 Å². The molecule has 2 aromatic heterocycles. The summed E-state index contributed by atoms with van der Waals surface area (Å²) in [6, 6.07) is 11.9. The van der Waals surface area contributed by atoms with Crippen LogP contribution in [0.25, 0.3) is 11.3 Å². The van der Waals surface area contributed by atoms with E-state index in [1.165, 1.54) is 31.7 Å². The average Bonchev–Trinajstić information content (AvgIpc) is 3.49. The highest BCUT2D eigenvalue weighted by molar-refractivity contribution is 5.57. The van der Waals surface area contributed by atoms with E-state index in [0.29, 0.717) is 11.8 Å². The Balaban J connectivity index is 1.17. The van der Waals surface area contributed by atoms with Crippen molar-refractivity contribution in [2.75, 3.05) is 45.9 Å². The quantitative estimate of drug-likeness (QED) is 0.629. The molecule has 1 aromatic carbocycles. The third-order valence-corrected chi connectivity index (χ3v) is 6.34. The van der Waals surface area contributed by atoms with Crippen LogP contribution in [0.4, 0.5) is 0 Å². The molecular formula is C24H29N5O2. The van der Waals surface area contributed by atoms with E-state index in [1.54, 1.807) is 12.4 Å². The maximum Gasteiger partial charge on any atom is 0.219 e. The second-order valence-corrected chi connectivity index (χ2v) is 8.23. The van der Waals surface area contributed by atoms with Crippen molar-refractivity contribution in [1.82, 2.24) is 25.0 Å². The van der Waals surface area contributed by atoms with Gasteiger partial charge in [-0.2, -0.15) is 5.10 Å². The number of hydrogen-bond acceptors (Lipinski definition) is 6. The zero-order chi connectivity index (χ0) is 21.0. The molecule has 1 atom stereocenters. The first-order valence-electron chi connectivity index (χ1n) is 11.1. The second kappa shape index (κ2) is 9.08. The first-order chi connectivity index (χ1) is 15.3. The first kappa shape index (κ1) is 20.0. The zero-order valence-electron chi connectivity index (χ0n) is 18.0. The lowest BCUT2D eigenvalue weighted by Crippen LogP contribution is -2.46. The van der Waals surface area contributed by atoms with Gasteiger partial charge in [-0.3, -0.25) is 5.10 Å². The summed E-state index contributed by atoms with van der Waals surface area (Å²) in [5.41, 5.74) is 3.20. The number of aromatic amines is 1. The zero-order valence-corrected chi connectivity index (χ0v) is 18.0. The van der Waals surface area contributed by atoms with Gasteiger partial charge in [0.15, 0.2) is 0 Å². The molecule has 1 fully saturated rings. The summed E-state index contributed by atoms with van der Waals surface area (Å²) in [7, 11) is 0. The van der Waals surface area contributed by atoms with E-state index >= 15 is 0 Å². The molecule has 0 radical (unpaired) electrons. The van der Waals surface area contributed by atoms with Crippen molar-refractivity contribution in [3.8, 4) is 28.6 Å². The van der Waals surface area contributed by atoms with Crippen LogP contribution in [-0.2, 0) is 0 Å². The monoisotopic (exact) mass is 419 g/mol. The second-order valence-electron chi connectivity index (χ2n) is 8.23. The number of piperazine rings is 1. The van der Waals surface area contributed by atoms with Crippen molar-refractivity contribution in [3.63, 3.8) is 0 Å². The minimum Gasteiger partial charge on any atom is -0.493 e. The summed E-state index contributed by atoms with van der Waals surface area (Å²) < 4.78 is 12.0. The lowest BCUT2D eigenvalue weighted by molar-refractivity contribution is 0.133. The van der Waals surface area contributed by atoms with Gasteiger partial charge in [0.25, 0.3) is 0 Å². The summed E-state index contributed by atoms with van der Waals surface area (Å²) in [6.07, 6.45) is 4.64. The van der Waals surface area contributed by atoms with Crippen LogP contribution in [0.15, 0.2) is 48.8 Å². The third kappa shape index (κ3) is 4.57. The van der Waals surface area contributed by atoms with Crippen molar-refractivity contribution in [2.24, 2.45) is 0 Å². The molecule has 3 aromatic rings. The van der Waals surface area contributed by atoms with Crippen LogP contribution in [0, 0.1) is 0 Å². The summed E-state index contributed by atoms with van der Waals surface area (Å²) in [5, 5.41) is 6.91. The molecule has 0 spiro atoms. The van der Waals surface area contributed by atoms with Crippen LogP contribution in [0.1, 0.15) is 24.8 Å². The predicted octanol–water partition coefficient (Wildman–Crippen LogP) is 3.77. The van der Waals surface area contributed by atoms with Crippen molar-refractivity contribution in [3.05, 3.63) is 54.4 Å². The van der Waals surface area contributed by atoms with E-state index in [0.717, 1.165) is 48.9 Å². The smallest absolute Gasteiger partial charge is 0.219 e. The number of H-pyrrole nitrogens is 1. The van der Waals surface area contributed by atoms with Crippen LogP contribution in [0.3, 0.4) is 0 Å².